The van der Waals surface area contributed by atoms with Crippen molar-refractivity contribution in [2.24, 2.45) is 0 Å². The quantitative estimate of drug-likeness (QED) is 0.109. The molecule has 0 radical (unpaired) electrons. The van der Waals surface area contributed by atoms with Crippen molar-refractivity contribution < 1.29 is 4.74 Å². The van der Waals surface area contributed by atoms with Crippen molar-refractivity contribution in [1.82, 2.24) is 0 Å². The maximum absolute atomic E-state index is 6.93. The smallest absolute Gasteiger partial charge is 0.241 e. The number of aryl methyl sites for hydroxylation is 1. The molecule has 0 fully saturated rings. The zero-order valence-corrected chi connectivity index (χ0v) is 47.1. The van der Waals surface area contributed by atoms with Crippen molar-refractivity contribution in [2.45, 2.75) is 112 Å². The molecule has 0 bridgehead atoms. The highest BCUT2D eigenvalue weighted by Crippen LogP contribution is 2.51. The number of hydrogen-bond donors (Lipinski definition) is 0. The van der Waals surface area contributed by atoms with Gasteiger partial charge in [-0.15, -0.1) is 0 Å². The molecule has 3 heteroatoms. The highest BCUT2D eigenvalue weighted by Gasteiger charge is 2.28. The van der Waals surface area contributed by atoms with Gasteiger partial charge in [0.2, 0.25) is 13.4 Å². The predicted molar refractivity (Wildman–Crippen MR) is 332 cm³/mol. The normalized spacial score (nSPS) is 12.6. The van der Waals surface area contributed by atoms with Gasteiger partial charge in [-0.05, 0) is 119 Å². The van der Waals surface area contributed by atoms with Gasteiger partial charge in [0, 0.05) is 16.5 Å². The van der Waals surface area contributed by atoms with Gasteiger partial charge in [-0.3, -0.25) is 0 Å². The second-order valence-electron chi connectivity index (χ2n) is 25.9. The van der Waals surface area contributed by atoms with Crippen LogP contribution < -0.4 is 37.5 Å². The molecule has 11 rings (SSSR count). The van der Waals surface area contributed by atoms with E-state index in [0.717, 1.165) is 22.6 Å². The van der Waals surface area contributed by atoms with Crippen LogP contribution >= 0.6 is 0 Å². The van der Waals surface area contributed by atoms with Crippen molar-refractivity contribution in [2.75, 3.05) is 0 Å². The molecule has 0 saturated heterocycles. The van der Waals surface area contributed by atoms with E-state index in [1.807, 2.05) is 0 Å². The maximum Gasteiger partial charge on any atom is 0.241 e. The summed E-state index contributed by atoms with van der Waals surface area (Å²) in [6.07, 6.45) is 0. The molecule has 1 nitrogen and oxygen atoms in total. The van der Waals surface area contributed by atoms with Crippen LogP contribution in [-0.2, 0) is 21.7 Å². The molecule has 1 heterocycles. The van der Waals surface area contributed by atoms with Gasteiger partial charge in [0.05, 0.1) is 0 Å². The second kappa shape index (κ2) is 19.0. The molecule has 0 aliphatic carbocycles. The number of benzene rings is 10. The fourth-order valence-corrected chi connectivity index (χ4v) is 11.7. The first-order chi connectivity index (χ1) is 36.1. The molecule has 1 aliphatic heterocycles. The fourth-order valence-electron chi connectivity index (χ4n) is 11.7. The molecule has 376 valence electrons. The van der Waals surface area contributed by atoms with Crippen LogP contribution in [-0.4, -0.2) is 13.4 Å². The van der Waals surface area contributed by atoms with Crippen molar-refractivity contribution >= 4 is 67.7 Å². The molecule has 0 aromatic heterocycles. The van der Waals surface area contributed by atoms with E-state index in [0.29, 0.717) is 0 Å². The van der Waals surface area contributed by atoms with Crippen molar-refractivity contribution in [1.29, 1.82) is 0 Å². The third-order valence-electron chi connectivity index (χ3n) is 16.4. The summed E-state index contributed by atoms with van der Waals surface area (Å²) < 4.78 is 6.93. The third-order valence-corrected chi connectivity index (χ3v) is 16.4. The van der Waals surface area contributed by atoms with Crippen LogP contribution in [0.1, 0.15) is 111 Å². The lowest BCUT2D eigenvalue weighted by molar-refractivity contribution is 0.487. The Morgan fingerprint density at radius 1 is 0.303 bits per heavy atom. The summed E-state index contributed by atoms with van der Waals surface area (Å²) in [6.45, 7) is 29.9. The van der Waals surface area contributed by atoms with Gasteiger partial charge in [-0.1, -0.05) is 292 Å². The molecule has 0 saturated carbocycles. The van der Waals surface area contributed by atoms with Gasteiger partial charge < -0.3 is 4.74 Å². The van der Waals surface area contributed by atoms with E-state index < -0.39 is 0 Å². The number of fused-ring (bicyclic) bond motifs is 4. The summed E-state index contributed by atoms with van der Waals surface area (Å²) in [5.41, 5.74) is 21.9. The van der Waals surface area contributed by atoms with Crippen LogP contribution in [0.15, 0.2) is 200 Å². The largest absolute Gasteiger partial charge is 0.456 e. The van der Waals surface area contributed by atoms with Crippen molar-refractivity contribution in [3.8, 4) is 44.9 Å². The molecule has 10 aromatic carbocycles. The monoisotopic (exact) mass is 987 g/mol. The lowest BCUT2D eigenvalue weighted by Crippen LogP contribution is -2.52. The fraction of sp³-hybridized carbons (Fsp3) is 0.233. The zero-order valence-electron chi connectivity index (χ0n) is 47.1. The van der Waals surface area contributed by atoms with E-state index in [1.54, 1.807) is 0 Å². The average Bonchev–Trinajstić information content (AvgIpc) is 3.40. The van der Waals surface area contributed by atoms with E-state index in [4.69, 9.17) is 4.74 Å². The summed E-state index contributed by atoms with van der Waals surface area (Å²) in [7, 11) is 0. The molecule has 76 heavy (non-hydrogen) atoms. The Hall–Kier alpha value is -7.35. The standard InChI is InChI=1S/C73H72B2O/c1-47-62-43-21-50(48-17-31-56(32-18-48)74(58-35-23-52(24-36-58)70(2,3)4)59-37-25-53(26-38-59)71(5,6)7)45-65(62)63-15-14-16-66-69(63)68(47)64-44-22-51(46-67(64)76-66)49-19-33-57(34-20-49)75(60-39-27-54(28-40-60)72(8,9)10)61-41-29-55(30-42-61)73(11,12)13/h14-46H,1-13H3. The molecule has 0 spiro atoms. The van der Waals surface area contributed by atoms with Crippen LogP contribution in [0.5, 0.6) is 11.5 Å². The molecular weight excluding hydrogens is 914 g/mol. The van der Waals surface area contributed by atoms with Crippen LogP contribution in [0.25, 0.3) is 54.9 Å². The Balaban J connectivity index is 0.909. The van der Waals surface area contributed by atoms with Crippen LogP contribution in [0.3, 0.4) is 0 Å². The van der Waals surface area contributed by atoms with E-state index >= 15 is 0 Å². The number of ether oxygens (including phenoxy) is 1. The van der Waals surface area contributed by atoms with Gasteiger partial charge in [-0.25, -0.2) is 0 Å². The highest BCUT2D eigenvalue weighted by atomic mass is 16.5. The average molecular weight is 987 g/mol. The molecule has 1 aliphatic rings. The predicted octanol–water partition coefficient (Wildman–Crippen LogP) is 15.6. The minimum atomic E-state index is 0.0930. The van der Waals surface area contributed by atoms with Gasteiger partial charge in [0.15, 0.2) is 0 Å². The molecule has 0 atom stereocenters. The van der Waals surface area contributed by atoms with Gasteiger partial charge in [-0.2, -0.15) is 0 Å². The summed E-state index contributed by atoms with van der Waals surface area (Å²) in [4.78, 5) is 0. The first-order valence-electron chi connectivity index (χ1n) is 27.5. The van der Waals surface area contributed by atoms with Crippen molar-refractivity contribution in [3.05, 3.63) is 228 Å². The zero-order chi connectivity index (χ0) is 53.5. The second-order valence-corrected chi connectivity index (χ2v) is 25.9. The summed E-state index contributed by atoms with van der Waals surface area (Å²) in [5, 5.41) is 4.90. The van der Waals surface area contributed by atoms with Gasteiger partial charge >= 0.3 is 0 Å². The molecular formula is C73H72B2O. The molecule has 0 amide bonds. The topological polar surface area (TPSA) is 9.23 Å². The van der Waals surface area contributed by atoms with Crippen LogP contribution in [0.4, 0.5) is 0 Å². The summed E-state index contributed by atoms with van der Waals surface area (Å²) >= 11 is 0. The van der Waals surface area contributed by atoms with E-state index in [-0.39, 0.29) is 35.1 Å². The Morgan fingerprint density at radius 3 is 1.03 bits per heavy atom. The minimum absolute atomic E-state index is 0.0930. The van der Waals surface area contributed by atoms with E-state index in [1.165, 1.54) is 104 Å². The Kier molecular flexibility index (Phi) is 12.7. The Bertz CT molecular complexity index is 3650. The number of hydrogen-bond acceptors (Lipinski definition) is 1. The SMILES string of the molecule is Cc1c2c3c(cccc3c3cc(-c4ccc(B(c5ccc(C(C)(C)C)cc5)c5ccc(C(C)(C)C)cc5)cc4)ccc13)Oc1cc(-c3ccc(B(c4ccc(C(C)(C)C)cc4)c4ccc(C(C)(C)C)cc4)cc3)ccc1-2. The molecule has 0 unspecified atom stereocenters. The maximum atomic E-state index is 6.93. The first kappa shape index (κ1) is 50.8. The lowest BCUT2D eigenvalue weighted by Gasteiger charge is -2.25. The highest BCUT2D eigenvalue weighted by molar-refractivity contribution is 6.96. The molecule has 0 N–H and O–H groups in total. The Morgan fingerprint density at radius 2 is 0.645 bits per heavy atom. The first-order valence-corrected chi connectivity index (χ1v) is 27.5. The van der Waals surface area contributed by atoms with Gasteiger partial charge in [0.1, 0.15) is 11.5 Å². The Labute approximate surface area is 454 Å². The third kappa shape index (κ3) is 9.64. The summed E-state index contributed by atoms with van der Waals surface area (Å²) in [6, 6.07) is 76.1. The number of rotatable bonds is 8. The van der Waals surface area contributed by atoms with Crippen LogP contribution in [0.2, 0.25) is 0 Å². The van der Waals surface area contributed by atoms with Crippen molar-refractivity contribution in [3.63, 3.8) is 0 Å². The van der Waals surface area contributed by atoms with E-state index in [9.17, 15) is 0 Å². The van der Waals surface area contributed by atoms with E-state index in [2.05, 4.69) is 290 Å². The van der Waals surface area contributed by atoms with Crippen LogP contribution in [0, 0.1) is 6.92 Å². The summed E-state index contributed by atoms with van der Waals surface area (Å²) in [5.74, 6) is 1.80. The molecule has 10 aromatic rings. The minimum Gasteiger partial charge on any atom is -0.456 e. The van der Waals surface area contributed by atoms with Gasteiger partial charge in [0.25, 0.3) is 0 Å². The lowest BCUT2D eigenvalue weighted by atomic mass is 9.36.